The highest BCUT2D eigenvalue weighted by atomic mass is 35.5. The average molecular weight is 1060 g/mol. The Balaban J connectivity index is 0.000000169. The summed E-state index contributed by atoms with van der Waals surface area (Å²) in [6, 6.07) is 9.30. The van der Waals surface area contributed by atoms with Gasteiger partial charge in [0.05, 0.1) is 36.5 Å². The molecule has 3 fully saturated rings. The number of fused-ring (bicyclic) bond motifs is 2. The summed E-state index contributed by atoms with van der Waals surface area (Å²) < 4.78 is 88.7. The number of phenolic OH excluding ortho intramolecular Hbond substituents is 1. The van der Waals surface area contributed by atoms with Crippen molar-refractivity contribution in [2.45, 2.75) is 121 Å². The molecule has 0 amide bonds. The van der Waals surface area contributed by atoms with Crippen LogP contribution in [0.15, 0.2) is 59.9 Å². The Labute approximate surface area is 414 Å². The second kappa shape index (κ2) is 20.0. The Morgan fingerprint density at radius 2 is 0.956 bits per heavy atom. The summed E-state index contributed by atoms with van der Waals surface area (Å²) in [4.78, 5) is 23.6. The number of aromatic hydroxyl groups is 1. The molecule has 3 aromatic carbocycles. The van der Waals surface area contributed by atoms with Gasteiger partial charge in [-0.15, -0.1) is 0 Å². The van der Waals surface area contributed by atoms with Crippen molar-refractivity contribution in [3.63, 3.8) is 0 Å². The van der Waals surface area contributed by atoms with Gasteiger partial charge in [-0.25, -0.2) is 35.2 Å². The molecule has 2 aromatic heterocycles. The van der Waals surface area contributed by atoms with E-state index >= 15 is 0 Å². The Morgan fingerprint density at radius 3 is 1.31 bits per heavy atom. The molecule has 374 valence electrons. The molecular weight excluding hydrogens is 997 g/mol. The third-order valence-electron chi connectivity index (χ3n) is 12.5. The van der Waals surface area contributed by atoms with Gasteiger partial charge in [0.15, 0.2) is 46.4 Å². The molecule has 0 aliphatic heterocycles. The molecule has 3 aliphatic carbocycles. The maximum absolute atomic E-state index is 13.2. The van der Waals surface area contributed by atoms with E-state index in [2.05, 4.69) is 14.9 Å². The van der Waals surface area contributed by atoms with Crippen LogP contribution in [-0.4, -0.2) is 113 Å². The first-order chi connectivity index (χ1) is 31.4. The molecule has 0 saturated heterocycles. The van der Waals surface area contributed by atoms with Crippen LogP contribution < -0.4 is 5.73 Å². The Kier molecular flexibility index (Phi) is 15.8. The molecular formula is C47H62Cl3N5O10S3. The fourth-order valence-electron chi connectivity index (χ4n) is 8.55. The average Bonchev–Trinajstić information content (AvgIpc) is 3.81. The molecule has 15 nitrogen and oxygen atoms in total. The molecule has 3 N–H and O–H groups in total. The summed E-state index contributed by atoms with van der Waals surface area (Å²) >= 11 is 18.4. The number of nitrogens with zero attached hydrogens (tertiary/aromatic N) is 4. The first kappa shape index (κ1) is 53.9. The number of aromatic nitrogens is 2. The van der Waals surface area contributed by atoms with Crippen LogP contribution >= 0.6 is 34.8 Å². The molecule has 0 radical (unpaired) electrons. The topological polar surface area (TPSA) is 224 Å². The number of hydrogen-bond acceptors (Lipinski definition) is 15. The molecule has 0 bridgehead atoms. The summed E-state index contributed by atoms with van der Waals surface area (Å²) in [6.07, 6.45) is 3.97. The van der Waals surface area contributed by atoms with E-state index in [1.165, 1.54) is 18.2 Å². The zero-order valence-electron chi connectivity index (χ0n) is 40.0. The van der Waals surface area contributed by atoms with E-state index < -0.39 is 51.0 Å². The predicted octanol–water partition coefficient (Wildman–Crippen LogP) is 9.16. The molecule has 8 rings (SSSR count). The largest absolute Gasteiger partial charge is 0.504 e. The number of sulfone groups is 3. The van der Waals surface area contributed by atoms with Crippen molar-refractivity contribution >= 4 is 98.5 Å². The molecule has 3 aliphatic rings. The first-order valence-corrected chi connectivity index (χ1v) is 28.1. The van der Waals surface area contributed by atoms with Crippen LogP contribution in [0.4, 0.5) is 5.69 Å². The highest BCUT2D eigenvalue weighted by Gasteiger charge is 2.45. The van der Waals surface area contributed by atoms with E-state index in [0.29, 0.717) is 73.2 Å². The lowest BCUT2D eigenvalue weighted by atomic mass is 9.84. The SMILES string of the molecule is CC(C)(C)c1nc2ccc(Cl)c(S(=O)(=O)C3CC(C=O)C3)c2o1.CN(C)CC1CC(S(=O)(=O)c2c(Cl)ccc(N)c2O)C1.CN(C)CC1CC(S(=O)(=O)c2c(Cl)ccc3nc(C(C)(C)C)oc23)C1. The van der Waals surface area contributed by atoms with E-state index in [0.717, 1.165) is 19.4 Å². The highest BCUT2D eigenvalue weighted by molar-refractivity contribution is 7.93. The Bertz CT molecular complexity index is 3020. The predicted molar refractivity (Wildman–Crippen MR) is 267 cm³/mol. The molecule has 0 atom stereocenters. The molecule has 0 spiro atoms. The molecule has 5 aromatic rings. The molecule has 21 heteroatoms. The van der Waals surface area contributed by atoms with Crippen molar-refractivity contribution in [3.8, 4) is 5.75 Å². The van der Waals surface area contributed by atoms with Crippen molar-refractivity contribution < 1.29 is 44.0 Å². The van der Waals surface area contributed by atoms with Crippen LogP contribution in [0.1, 0.15) is 91.8 Å². The van der Waals surface area contributed by atoms with Gasteiger partial charge in [-0.2, -0.15) is 0 Å². The third-order valence-corrected chi connectivity index (χ3v) is 20.5. The van der Waals surface area contributed by atoms with Gasteiger partial charge in [-0.05, 0) is 115 Å². The second-order valence-electron chi connectivity index (χ2n) is 20.9. The van der Waals surface area contributed by atoms with Crippen LogP contribution in [0.25, 0.3) is 22.2 Å². The monoisotopic (exact) mass is 1060 g/mol. The van der Waals surface area contributed by atoms with Crippen LogP contribution in [0.3, 0.4) is 0 Å². The van der Waals surface area contributed by atoms with E-state index in [-0.39, 0.29) is 63.4 Å². The number of oxazole rings is 2. The van der Waals surface area contributed by atoms with Crippen LogP contribution in [0, 0.1) is 17.8 Å². The third kappa shape index (κ3) is 11.2. The fraction of sp³-hybridized carbons (Fsp3) is 0.553. The van der Waals surface area contributed by atoms with E-state index in [1.54, 1.807) is 18.2 Å². The normalized spacial score (nSPS) is 22.2. The minimum Gasteiger partial charge on any atom is -0.504 e. The number of benzene rings is 3. The van der Waals surface area contributed by atoms with Crippen LogP contribution in [0.2, 0.25) is 15.1 Å². The van der Waals surface area contributed by atoms with Crippen LogP contribution in [-0.2, 0) is 45.1 Å². The summed E-state index contributed by atoms with van der Waals surface area (Å²) in [5, 5.41) is 8.77. The van der Waals surface area contributed by atoms with Gasteiger partial charge in [0, 0.05) is 29.8 Å². The maximum Gasteiger partial charge on any atom is 0.200 e. The second-order valence-corrected chi connectivity index (χ2v) is 28.6. The van der Waals surface area contributed by atoms with Gasteiger partial charge in [0.2, 0.25) is 11.8 Å². The number of hydrogen-bond donors (Lipinski definition) is 2. The van der Waals surface area contributed by atoms with Crippen LogP contribution in [0.5, 0.6) is 5.75 Å². The van der Waals surface area contributed by atoms with Crippen molar-refractivity contribution in [1.82, 2.24) is 19.8 Å². The zero-order valence-corrected chi connectivity index (χ0v) is 44.7. The zero-order chi connectivity index (χ0) is 50.6. The fourth-order valence-corrected chi connectivity index (χ4v) is 16.3. The summed E-state index contributed by atoms with van der Waals surface area (Å²) in [7, 11) is -2.91. The highest BCUT2D eigenvalue weighted by Crippen LogP contribution is 2.45. The van der Waals surface area contributed by atoms with Gasteiger partial charge >= 0.3 is 0 Å². The van der Waals surface area contributed by atoms with Gasteiger partial charge in [0.25, 0.3) is 0 Å². The minimum atomic E-state index is -3.66. The van der Waals surface area contributed by atoms with E-state index in [1.807, 2.05) is 74.6 Å². The van der Waals surface area contributed by atoms with Crippen molar-refractivity contribution in [1.29, 1.82) is 0 Å². The lowest BCUT2D eigenvalue weighted by molar-refractivity contribution is -0.112. The molecule has 0 unspecified atom stereocenters. The number of nitrogens with two attached hydrogens (primary N) is 1. The maximum atomic E-state index is 13.2. The van der Waals surface area contributed by atoms with Crippen molar-refractivity contribution in [2.24, 2.45) is 17.8 Å². The Hall–Kier alpha value is -3.49. The van der Waals surface area contributed by atoms with Gasteiger partial charge in [0.1, 0.15) is 32.0 Å². The summed E-state index contributed by atoms with van der Waals surface area (Å²) in [6.45, 7) is 13.5. The lowest BCUT2D eigenvalue weighted by Crippen LogP contribution is -2.40. The van der Waals surface area contributed by atoms with Gasteiger partial charge in [-0.1, -0.05) is 76.3 Å². The molecule has 3 saturated carbocycles. The number of nitrogen functional groups attached to an aromatic ring is 1. The summed E-state index contributed by atoms with van der Waals surface area (Å²) in [5.41, 5.74) is 6.44. The van der Waals surface area contributed by atoms with E-state index in [4.69, 9.17) is 49.4 Å². The van der Waals surface area contributed by atoms with Crippen molar-refractivity contribution in [3.05, 3.63) is 63.2 Å². The number of phenols is 1. The number of rotatable bonds is 11. The lowest BCUT2D eigenvalue weighted by Gasteiger charge is -2.36. The Morgan fingerprint density at radius 1 is 0.618 bits per heavy atom. The van der Waals surface area contributed by atoms with Crippen molar-refractivity contribution in [2.75, 3.05) is 47.0 Å². The number of carbonyl (C=O) groups is 1. The number of aldehydes is 1. The quantitative estimate of drug-likeness (QED) is 0.0715. The minimum absolute atomic E-state index is 0.00554. The molecule has 2 heterocycles. The van der Waals surface area contributed by atoms with E-state index in [9.17, 15) is 35.2 Å². The smallest absolute Gasteiger partial charge is 0.200 e. The number of carbonyl (C=O) groups excluding carboxylic acids is 1. The van der Waals surface area contributed by atoms with Gasteiger partial charge in [-0.3, -0.25) is 0 Å². The first-order valence-electron chi connectivity index (χ1n) is 22.3. The number of anilines is 1. The molecule has 68 heavy (non-hydrogen) atoms. The number of halogens is 3. The standard InChI is InChI=1S/C18H25ClN2O3S.C16H18ClNO4S.C13H19ClN2O3S/c1-18(2,3)17-20-14-7-6-13(19)16(15(14)24-17)25(22,23)12-8-11(9-12)10-21(4)5;1-16(2,3)15-18-12-5-4-11(17)14(13(12)22-15)23(20,21)10-6-9(7-10)8-19;1-16(2)7-8-5-9(6-8)20(18,19)13-10(14)3-4-11(15)12(13)17/h6-7,11-12H,8-10H2,1-5H3;4-5,8-10H,6-7H2,1-3H3;3-4,8-9,17H,5-7,15H2,1-2H3. The van der Waals surface area contributed by atoms with Gasteiger partial charge < -0.3 is 34.3 Å². The summed E-state index contributed by atoms with van der Waals surface area (Å²) in [5.74, 6) is 1.13.